The topological polar surface area (TPSA) is 12.4 Å². The maximum absolute atomic E-state index is 4.77. The van der Waals surface area contributed by atoms with Gasteiger partial charge >= 0.3 is 0 Å². The number of unbranched alkanes of at least 4 members (excludes halogenated alkanes) is 1. The highest BCUT2D eigenvalue weighted by atomic mass is 32.1. The molecule has 132 valence electrons. The summed E-state index contributed by atoms with van der Waals surface area (Å²) in [4.78, 5) is 4.33. The maximum Gasteiger partial charge on any atom is 0.0603 e. The molecule has 2 rings (SSSR count). The van der Waals surface area contributed by atoms with Crippen LogP contribution in [0.15, 0.2) is 4.99 Å². The lowest BCUT2D eigenvalue weighted by Gasteiger charge is -2.33. The first-order valence-electron chi connectivity index (χ1n) is 10.4. The van der Waals surface area contributed by atoms with E-state index in [-0.39, 0.29) is 0 Å². The molecule has 1 nitrogen and oxygen atoms in total. The molecule has 0 aromatic rings. The van der Waals surface area contributed by atoms with Crippen molar-refractivity contribution in [3.05, 3.63) is 0 Å². The van der Waals surface area contributed by atoms with Crippen LogP contribution >= 0.6 is 12.2 Å². The van der Waals surface area contributed by atoms with Crippen molar-refractivity contribution in [2.24, 2.45) is 22.7 Å². The zero-order valence-electron chi connectivity index (χ0n) is 15.3. The molecule has 1 atom stereocenters. The molecular weight excluding hydrogens is 298 g/mol. The quantitative estimate of drug-likeness (QED) is 0.320. The van der Waals surface area contributed by atoms with Crippen LogP contribution in [0.2, 0.25) is 0 Å². The SMILES string of the molecule is CCCCC(CCCC1CCCCC1)[C@H]1CC[C@H](N=C=S)CC1. The second-order valence-corrected chi connectivity index (χ2v) is 8.31. The van der Waals surface area contributed by atoms with Gasteiger partial charge in [-0.2, -0.15) is 0 Å². The summed E-state index contributed by atoms with van der Waals surface area (Å²) >= 11 is 4.77. The van der Waals surface area contributed by atoms with Gasteiger partial charge in [0.05, 0.1) is 11.2 Å². The van der Waals surface area contributed by atoms with E-state index in [0.29, 0.717) is 6.04 Å². The van der Waals surface area contributed by atoms with Gasteiger partial charge in [-0.1, -0.05) is 77.6 Å². The lowest BCUT2D eigenvalue weighted by Crippen LogP contribution is -2.24. The highest BCUT2D eigenvalue weighted by Crippen LogP contribution is 2.37. The molecule has 0 saturated heterocycles. The van der Waals surface area contributed by atoms with Crippen molar-refractivity contribution < 1.29 is 0 Å². The van der Waals surface area contributed by atoms with Gasteiger partial charge in [0.25, 0.3) is 0 Å². The molecule has 2 saturated carbocycles. The van der Waals surface area contributed by atoms with Crippen LogP contribution in [0.25, 0.3) is 0 Å². The number of nitrogens with zero attached hydrogens (tertiary/aromatic N) is 1. The number of aliphatic imine (C=N–C) groups is 1. The van der Waals surface area contributed by atoms with Crippen molar-refractivity contribution in [1.29, 1.82) is 0 Å². The number of thiocarbonyl (C=S) groups is 1. The third kappa shape index (κ3) is 7.06. The molecular formula is C21H37NS. The van der Waals surface area contributed by atoms with Crippen LogP contribution in [0.5, 0.6) is 0 Å². The molecule has 0 radical (unpaired) electrons. The summed E-state index contributed by atoms with van der Waals surface area (Å²) in [5.74, 6) is 3.00. The minimum Gasteiger partial charge on any atom is -0.229 e. The summed E-state index contributed by atoms with van der Waals surface area (Å²) in [6, 6.07) is 0.484. The van der Waals surface area contributed by atoms with Gasteiger partial charge in [-0.25, -0.2) is 4.99 Å². The Balaban J connectivity index is 1.73. The van der Waals surface area contributed by atoms with Crippen molar-refractivity contribution in [3.63, 3.8) is 0 Å². The van der Waals surface area contributed by atoms with Crippen molar-refractivity contribution in [2.75, 3.05) is 0 Å². The van der Waals surface area contributed by atoms with Crippen LogP contribution in [-0.2, 0) is 0 Å². The largest absolute Gasteiger partial charge is 0.229 e. The molecule has 0 N–H and O–H groups in total. The second kappa shape index (κ2) is 11.4. The van der Waals surface area contributed by atoms with E-state index in [9.17, 15) is 0 Å². The summed E-state index contributed by atoms with van der Waals surface area (Å²) < 4.78 is 0. The molecule has 0 spiro atoms. The van der Waals surface area contributed by atoms with Gasteiger partial charge in [-0.15, -0.1) is 0 Å². The van der Waals surface area contributed by atoms with Crippen molar-refractivity contribution in [2.45, 2.75) is 109 Å². The lowest BCUT2D eigenvalue weighted by molar-refractivity contribution is 0.200. The fourth-order valence-corrected chi connectivity index (χ4v) is 5.15. The smallest absolute Gasteiger partial charge is 0.0603 e. The second-order valence-electron chi connectivity index (χ2n) is 8.13. The summed E-state index contributed by atoms with van der Waals surface area (Å²) in [7, 11) is 0. The average molecular weight is 336 g/mol. The normalized spacial score (nSPS) is 27.3. The Kier molecular flexibility index (Phi) is 9.46. The van der Waals surface area contributed by atoms with Crippen LogP contribution < -0.4 is 0 Å². The van der Waals surface area contributed by atoms with Gasteiger partial charge in [0.15, 0.2) is 0 Å². The van der Waals surface area contributed by atoms with Crippen molar-refractivity contribution >= 4 is 17.4 Å². The molecule has 2 heteroatoms. The van der Waals surface area contributed by atoms with E-state index >= 15 is 0 Å². The molecule has 0 bridgehead atoms. The highest BCUT2D eigenvalue weighted by Gasteiger charge is 2.27. The molecule has 2 aliphatic rings. The summed E-state index contributed by atoms with van der Waals surface area (Å²) in [5, 5.41) is 2.59. The van der Waals surface area contributed by atoms with Gasteiger partial charge in [0.1, 0.15) is 0 Å². The average Bonchev–Trinajstić information content (AvgIpc) is 2.60. The Labute approximate surface area is 149 Å². The summed E-state index contributed by atoms with van der Waals surface area (Å²) in [6.45, 7) is 2.34. The zero-order valence-corrected chi connectivity index (χ0v) is 16.1. The van der Waals surface area contributed by atoms with Crippen LogP contribution in [0, 0.1) is 17.8 Å². The standard InChI is InChI=1S/C21H37NS/c1-2-3-11-19(12-7-10-18-8-5-4-6-9-18)20-13-15-21(16-14-20)22-17-23/h18-21H,2-16H2,1H3/t19?,20-,21-. The fraction of sp³-hybridized carbons (Fsp3) is 0.952. The van der Waals surface area contributed by atoms with E-state index in [1.807, 2.05) is 0 Å². The minimum absolute atomic E-state index is 0.484. The molecule has 2 aliphatic carbocycles. The number of isothiocyanates is 1. The Hall–Kier alpha value is -0.200. The summed E-state index contributed by atoms with van der Waals surface area (Å²) in [5.41, 5.74) is 0. The first kappa shape index (κ1) is 19.1. The minimum atomic E-state index is 0.484. The van der Waals surface area contributed by atoms with Gasteiger partial charge < -0.3 is 0 Å². The molecule has 2 fully saturated rings. The molecule has 23 heavy (non-hydrogen) atoms. The lowest BCUT2D eigenvalue weighted by atomic mass is 9.74. The van der Waals surface area contributed by atoms with Gasteiger partial charge in [0.2, 0.25) is 0 Å². The van der Waals surface area contributed by atoms with Crippen LogP contribution in [0.3, 0.4) is 0 Å². The van der Waals surface area contributed by atoms with E-state index in [4.69, 9.17) is 12.2 Å². The van der Waals surface area contributed by atoms with Crippen LogP contribution in [0.4, 0.5) is 0 Å². The monoisotopic (exact) mass is 335 g/mol. The van der Waals surface area contributed by atoms with Gasteiger partial charge in [0, 0.05) is 0 Å². The van der Waals surface area contributed by atoms with Gasteiger partial charge in [-0.3, -0.25) is 0 Å². The molecule has 1 unspecified atom stereocenters. The predicted octanol–water partition coefficient (Wildman–Crippen LogP) is 7.21. The Morgan fingerprint density at radius 3 is 2.30 bits per heavy atom. The Morgan fingerprint density at radius 2 is 1.65 bits per heavy atom. The highest BCUT2D eigenvalue weighted by molar-refractivity contribution is 7.78. The zero-order chi connectivity index (χ0) is 16.3. The van der Waals surface area contributed by atoms with Crippen molar-refractivity contribution in [1.82, 2.24) is 0 Å². The van der Waals surface area contributed by atoms with Crippen LogP contribution in [-0.4, -0.2) is 11.2 Å². The fourth-order valence-electron chi connectivity index (χ4n) is 5.00. The van der Waals surface area contributed by atoms with Crippen LogP contribution in [0.1, 0.15) is 103 Å². The number of rotatable bonds is 9. The molecule has 0 aliphatic heterocycles. The Morgan fingerprint density at radius 1 is 0.957 bits per heavy atom. The van der Waals surface area contributed by atoms with E-state index in [0.717, 1.165) is 17.8 Å². The number of hydrogen-bond donors (Lipinski definition) is 0. The first-order chi connectivity index (χ1) is 11.3. The molecule has 0 heterocycles. The predicted molar refractivity (Wildman–Crippen MR) is 104 cm³/mol. The Bertz CT molecular complexity index is 347. The molecule has 0 amide bonds. The summed E-state index contributed by atoms with van der Waals surface area (Å²) in [6.07, 6.45) is 21.5. The van der Waals surface area contributed by atoms with E-state index in [2.05, 4.69) is 17.1 Å². The van der Waals surface area contributed by atoms with Crippen molar-refractivity contribution in [3.8, 4) is 0 Å². The third-order valence-corrected chi connectivity index (χ3v) is 6.59. The van der Waals surface area contributed by atoms with E-state index < -0.39 is 0 Å². The van der Waals surface area contributed by atoms with E-state index in [1.54, 1.807) is 0 Å². The molecule has 0 aromatic heterocycles. The third-order valence-electron chi connectivity index (χ3n) is 6.48. The van der Waals surface area contributed by atoms with Gasteiger partial charge in [-0.05, 0) is 55.7 Å². The number of hydrogen-bond acceptors (Lipinski definition) is 2. The maximum atomic E-state index is 4.77. The van der Waals surface area contributed by atoms with E-state index in [1.165, 1.54) is 96.3 Å². The first-order valence-corrected chi connectivity index (χ1v) is 10.8. The molecule has 0 aromatic carbocycles.